The zero-order chi connectivity index (χ0) is 13.5. The van der Waals surface area contributed by atoms with E-state index in [0.29, 0.717) is 18.8 Å². The second-order valence-electron chi connectivity index (χ2n) is 3.93. The highest BCUT2D eigenvalue weighted by atomic mass is 16.4. The molecule has 0 saturated carbocycles. The topological polar surface area (TPSA) is 95.4 Å². The van der Waals surface area contributed by atoms with E-state index in [1.54, 1.807) is 26.2 Å². The van der Waals surface area contributed by atoms with Gasteiger partial charge in [0, 0.05) is 27.1 Å². The van der Waals surface area contributed by atoms with Crippen molar-refractivity contribution in [3.8, 4) is 0 Å². The maximum atomic E-state index is 11.5. The lowest BCUT2D eigenvalue weighted by molar-refractivity contribution is -0.137. The van der Waals surface area contributed by atoms with Crippen LogP contribution < -0.4 is 5.32 Å². The lowest BCUT2D eigenvalue weighted by Crippen LogP contribution is -2.23. The van der Waals surface area contributed by atoms with Gasteiger partial charge in [0.15, 0.2) is 5.69 Å². The molecule has 7 heteroatoms. The zero-order valence-electron chi connectivity index (χ0n) is 10.4. The van der Waals surface area contributed by atoms with Gasteiger partial charge in [-0.3, -0.25) is 9.59 Å². The van der Waals surface area contributed by atoms with E-state index in [4.69, 9.17) is 5.11 Å². The summed E-state index contributed by atoms with van der Waals surface area (Å²) in [6.07, 6.45) is 0.618. The Bertz CT molecular complexity index is 417. The van der Waals surface area contributed by atoms with Crippen LogP contribution in [-0.4, -0.2) is 52.7 Å². The predicted molar refractivity (Wildman–Crippen MR) is 65.4 cm³/mol. The molecule has 0 aliphatic rings. The standard InChI is InChI=1S/C11H16N4O3/c1-15(2)11(18)8-5-6-9(14-13-8)12-7-3-4-10(16)17/h5-6H,3-4,7H2,1-2H3,(H,12,14)(H,16,17). The molecule has 0 unspecified atom stereocenters. The first-order valence-electron chi connectivity index (χ1n) is 5.51. The van der Waals surface area contributed by atoms with Crippen LogP contribution in [0.15, 0.2) is 12.1 Å². The first-order chi connectivity index (χ1) is 8.50. The van der Waals surface area contributed by atoms with Crippen LogP contribution in [-0.2, 0) is 4.79 Å². The molecular weight excluding hydrogens is 236 g/mol. The third-order valence-corrected chi connectivity index (χ3v) is 2.16. The van der Waals surface area contributed by atoms with Crippen molar-refractivity contribution in [2.75, 3.05) is 26.0 Å². The van der Waals surface area contributed by atoms with Crippen LogP contribution in [0.25, 0.3) is 0 Å². The highest BCUT2D eigenvalue weighted by Gasteiger charge is 2.09. The number of rotatable bonds is 6. The Hall–Kier alpha value is -2.18. The summed E-state index contributed by atoms with van der Waals surface area (Å²) in [6.45, 7) is 0.502. The summed E-state index contributed by atoms with van der Waals surface area (Å²) in [5.74, 6) is -0.509. The van der Waals surface area contributed by atoms with E-state index in [9.17, 15) is 9.59 Å². The molecular formula is C11H16N4O3. The van der Waals surface area contributed by atoms with E-state index in [0.717, 1.165) is 0 Å². The number of carbonyl (C=O) groups is 2. The molecule has 18 heavy (non-hydrogen) atoms. The van der Waals surface area contributed by atoms with Gasteiger partial charge in [-0.25, -0.2) is 0 Å². The maximum absolute atomic E-state index is 11.5. The van der Waals surface area contributed by atoms with E-state index < -0.39 is 5.97 Å². The number of hydrogen-bond acceptors (Lipinski definition) is 5. The third-order valence-electron chi connectivity index (χ3n) is 2.16. The Morgan fingerprint density at radius 2 is 2.06 bits per heavy atom. The van der Waals surface area contributed by atoms with Gasteiger partial charge in [-0.1, -0.05) is 0 Å². The summed E-state index contributed by atoms with van der Waals surface area (Å²) in [7, 11) is 3.28. The monoisotopic (exact) mass is 252 g/mol. The Balaban J connectivity index is 2.45. The molecule has 98 valence electrons. The van der Waals surface area contributed by atoms with Gasteiger partial charge < -0.3 is 15.3 Å². The van der Waals surface area contributed by atoms with E-state index >= 15 is 0 Å². The first kappa shape index (κ1) is 13.9. The Kier molecular flexibility index (Phi) is 5.04. The molecule has 7 nitrogen and oxygen atoms in total. The average molecular weight is 252 g/mol. The molecule has 1 amide bonds. The van der Waals surface area contributed by atoms with Crippen LogP contribution in [0, 0.1) is 0 Å². The summed E-state index contributed by atoms with van der Waals surface area (Å²) >= 11 is 0. The molecule has 0 aliphatic carbocycles. The largest absolute Gasteiger partial charge is 0.481 e. The van der Waals surface area contributed by atoms with Crippen molar-refractivity contribution < 1.29 is 14.7 Å². The number of carbonyl (C=O) groups excluding carboxylic acids is 1. The van der Waals surface area contributed by atoms with Crippen molar-refractivity contribution in [3.63, 3.8) is 0 Å². The highest BCUT2D eigenvalue weighted by molar-refractivity contribution is 5.91. The summed E-state index contributed by atoms with van der Waals surface area (Å²) in [5, 5.41) is 19.0. The molecule has 1 rings (SSSR count). The zero-order valence-corrected chi connectivity index (χ0v) is 10.4. The quantitative estimate of drug-likeness (QED) is 0.714. The van der Waals surface area contributed by atoms with Crippen molar-refractivity contribution in [1.29, 1.82) is 0 Å². The lowest BCUT2D eigenvalue weighted by Gasteiger charge is -2.09. The fraction of sp³-hybridized carbons (Fsp3) is 0.455. The second kappa shape index (κ2) is 6.53. The van der Waals surface area contributed by atoms with Crippen LogP contribution in [0.2, 0.25) is 0 Å². The lowest BCUT2D eigenvalue weighted by atomic mass is 10.3. The molecule has 0 saturated heterocycles. The van der Waals surface area contributed by atoms with Gasteiger partial charge >= 0.3 is 5.97 Å². The highest BCUT2D eigenvalue weighted by Crippen LogP contribution is 2.04. The van der Waals surface area contributed by atoms with Gasteiger partial charge in [0.05, 0.1) is 0 Å². The van der Waals surface area contributed by atoms with E-state index in [1.807, 2.05) is 0 Å². The van der Waals surface area contributed by atoms with Crippen LogP contribution in [0.1, 0.15) is 23.3 Å². The number of carboxylic acids is 1. The summed E-state index contributed by atoms with van der Waals surface area (Å²) in [5.41, 5.74) is 0.274. The van der Waals surface area contributed by atoms with Crippen molar-refractivity contribution in [2.45, 2.75) is 12.8 Å². The first-order valence-corrected chi connectivity index (χ1v) is 5.51. The number of nitrogens with zero attached hydrogens (tertiary/aromatic N) is 3. The Labute approximate surface area is 105 Å². The smallest absolute Gasteiger partial charge is 0.303 e. The molecule has 0 spiro atoms. The maximum Gasteiger partial charge on any atom is 0.303 e. The van der Waals surface area contributed by atoms with Crippen molar-refractivity contribution in [3.05, 3.63) is 17.8 Å². The van der Waals surface area contributed by atoms with Crippen molar-refractivity contribution in [1.82, 2.24) is 15.1 Å². The van der Waals surface area contributed by atoms with E-state index in [2.05, 4.69) is 15.5 Å². The Morgan fingerprint density at radius 3 is 2.56 bits per heavy atom. The molecule has 0 radical (unpaired) electrons. The summed E-state index contributed by atoms with van der Waals surface area (Å²) in [4.78, 5) is 23.2. The van der Waals surface area contributed by atoms with Crippen LogP contribution in [0.4, 0.5) is 5.82 Å². The third kappa shape index (κ3) is 4.36. The van der Waals surface area contributed by atoms with E-state index in [-0.39, 0.29) is 18.0 Å². The molecule has 0 atom stereocenters. The summed E-state index contributed by atoms with van der Waals surface area (Å²) < 4.78 is 0. The molecule has 2 N–H and O–H groups in total. The average Bonchev–Trinajstić information content (AvgIpc) is 2.34. The van der Waals surface area contributed by atoms with Crippen molar-refractivity contribution in [2.24, 2.45) is 0 Å². The number of amides is 1. The normalized spacial score (nSPS) is 9.89. The minimum atomic E-state index is -0.824. The number of nitrogens with one attached hydrogen (secondary N) is 1. The second-order valence-corrected chi connectivity index (χ2v) is 3.93. The predicted octanol–water partition coefficient (Wildman–Crippen LogP) is 0.455. The number of anilines is 1. The molecule has 0 fully saturated rings. The molecule has 0 bridgehead atoms. The number of aliphatic carboxylic acids is 1. The molecule has 1 heterocycles. The Morgan fingerprint density at radius 1 is 1.33 bits per heavy atom. The van der Waals surface area contributed by atoms with Gasteiger partial charge in [0.1, 0.15) is 5.82 Å². The van der Waals surface area contributed by atoms with Gasteiger partial charge in [-0.05, 0) is 18.6 Å². The molecule has 0 aliphatic heterocycles. The van der Waals surface area contributed by atoms with Crippen LogP contribution in [0.5, 0.6) is 0 Å². The summed E-state index contributed by atoms with van der Waals surface area (Å²) in [6, 6.07) is 3.22. The number of carboxylic acid groups (broad SMARTS) is 1. The van der Waals surface area contributed by atoms with Crippen LogP contribution in [0.3, 0.4) is 0 Å². The van der Waals surface area contributed by atoms with Gasteiger partial charge in [0.2, 0.25) is 0 Å². The number of hydrogen-bond donors (Lipinski definition) is 2. The fourth-order valence-electron chi connectivity index (χ4n) is 1.23. The van der Waals surface area contributed by atoms with Crippen molar-refractivity contribution >= 4 is 17.7 Å². The molecule has 1 aromatic heterocycles. The number of aromatic nitrogens is 2. The van der Waals surface area contributed by atoms with E-state index in [1.165, 1.54) is 4.90 Å². The van der Waals surface area contributed by atoms with Crippen LogP contribution >= 0.6 is 0 Å². The van der Waals surface area contributed by atoms with Gasteiger partial charge in [0.25, 0.3) is 5.91 Å². The molecule has 1 aromatic rings. The minimum absolute atomic E-state index is 0.109. The SMILES string of the molecule is CN(C)C(=O)c1ccc(NCCCC(=O)O)nn1. The van der Waals surface area contributed by atoms with Gasteiger partial charge in [-0.15, -0.1) is 10.2 Å². The van der Waals surface area contributed by atoms with Gasteiger partial charge in [-0.2, -0.15) is 0 Å². The fourth-order valence-corrected chi connectivity index (χ4v) is 1.23. The minimum Gasteiger partial charge on any atom is -0.481 e. The molecule has 0 aromatic carbocycles.